The first kappa shape index (κ1) is 11.1. The Morgan fingerprint density at radius 1 is 1.50 bits per heavy atom. The Labute approximate surface area is 94.9 Å². The average molecular weight is 220 g/mol. The van der Waals surface area contributed by atoms with Crippen LogP contribution in [0.3, 0.4) is 0 Å². The first-order valence-corrected chi connectivity index (χ1v) is 5.63. The third-order valence-corrected chi connectivity index (χ3v) is 2.90. The molecular formula is C12H16N2O2. The molecule has 1 unspecified atom stereocenters. The van der Waals surface area contributed by atoms with Crippen molar-refractivity contribution in [2.45, 2.75) is 25.4 Å². The van der Waals surface area contributed by atoms with E-state index < -0.39 is 6.10 Å². The van der Waals surface area contributed by atoms with Crippen LogP contribution < -0.4 is 0 Å². The van der Waals surface area contributed by atoms with Crippen LogP contribution in [0.15, 0.2) is 24.5 Å². The Balaban J connectivity index is 1.92. The summed E-state index contributed by atoms with van der Waals surface area (Å²) in [4.78, 5) is 17.5. The lowest BCUT2D eigenvalue weighted by Gasteiger charge is -2.17. The number of nitrogens with zero attached hydrogens (tertiary/aromatic N) is 2. The van der Waals surface area contributed by atoms with Crippen molar-refractivity contribution in [3.63, 3.8) is 0 Å². The summed E-state index contributed by atoms with van der Waals surface area (Å²) in [5.74, 6) is 0.0360. The molecule has 1 aromatic rings. The predicted molar refractivity (Wildman–Crippen MR) is 59.6 cm³/mol. The highest BCUT2D eigenvalue weighted by atomic mass is 16.3. The monoisotopic (exact) mass is 220 g/mol. The highest BCUT2D eigenvalue weighted by Crippen LogP contribution is 2.18. The van der Waals surface area contributed by atoms with Crippen LogP contribution in [0.5, 0.6) is 0 Å². The van der Waals surface area contributed by atoms with E-state index in [1.807, 2.05) is 4.90 Å². The minimum absolute atomic E-state index is 0.0360. The van der Waals surface area contributed by atoms with Gasteiger partial charge in [0.1, 0.15) is 0 Å². The van der Waals surface area contributed by atoms with Crippen LogP contribution in [0.25, 0.3) is 0 Å². The van der Waals surface area contributed by atoms with Gasteiger partial charge in [0.05, 0.1) is 12.5 Å². The zero-order valence-corrected chi connectivity index (χ0v) is 9.17. The molecule has 2 rings (SSSR count). The fraction of sp³-hybridized carbons (Fsp3) is 0.500. The van der Waals surface area contributed by atoms with Gasteiger partial charge in [-0.15, -0.1) is 0 Å². The van der Waals surface area contributed by atoms with Gasteiger partial charge in [0.15, 0.2) is 0 Å². The van der Waals surface area contributed by atoms with Gasteiger partial charge in [-0.2, -0.15) is 0 Å². The van der Waals surface area contributed by atoms with E-state index in [4.69, 9.17) is 0 Å². The minimum atomic E-state index is -0.734. The number of rotatable bonds is 3. The zero-order chi connectivity index (χ0) is 11.4. The number of carbonyl (C=O) groups excluding carboxylic acids is 1. The molecule has 1 N–H and O–H groups in total. The molecule has 0 bridgehead atoms. The molecule has 0 aromatic carbocycles. The maximum Gasteiger partial charge on any atom is 0.225 e. The van der Waals surface area contributed by atoms with Gasteiger partial charge in [-0.1, -0.05) is 6.07 Å². The van der Waals surface area contributed by atoms with Crippen molar-refractivity contribution in [2.24, 2.45) is 0 Å². The van der Waals surface area contributed by atoms with Crippen LogP contribution in [0.4, 0.5) is 0 Å². The molecule has 0 spiro atoms. The molecule has 4 nitrogen and oxygen atoms in total. The SMILES string of the molecule is O=C(CC(O)c1cccnc1)N1CCCC1. The molecule has 0 radical (unpaired) electrons. The Bertz CT molecular complexity index is 347. The number of hydrogen-bond acceptors (Lipinski definition) is 3. The first-order valence-electron chi connectivity index (χ1n) is 5.63. The maximum absolute atomic E-state index is 11.8. The molecule has 86 valence electrons. The Morgan fingerprint density at radius 2 is 2.25 bits per heavy atom. The minimum Gasteiger partial charge on any atom is -0.388 e. The van der Waals surface area contributed by atoms with Gasteiger partial charge in [0, 0.05) is 25.5 Å². The quantitative estimate of drug-likeness (QED) is 0.830. The van der Waals surface area contributed by atoms with E-state index in [2.05, 4.69) is 4.98 Å². The van der Waals surface area contributed by atoms with Gasteiger partial charge in [-0.05, 0) is 24.5 Å². The number of aromatic nitrogens is 1. The van der Waals surface area contributed by atoms with Gasteiger partial charge in [-0.25, -0.2) is 0 Å². The summed E-state index contributed by atoms with van der Waals surface area (Å²) < 4.78 is 0. The highest BCUT2D eigenvalue weighted by Gasteiger charge is 2.21. The lowest BCUT2D eigenvalue weighted by molar-refractivity contribution is -0.132. The van der Waals surface area contributed by atoms with Gasteiger partial charge >= 0.3 is 0 Å². The molecule has 1 fully saturated rings. The van der Waals surface area contributed by atoms with Crippen molar-refractivity contribution in [1.82, 2.24) is 9.88 Å². The molecule has 1 aliphatic heterocycles. The van der Waals surface area contributed by atoms with Crippen molar-refractivity contribution in [1.29, 1.82) is 0 Å². The Kier molecular flexibility index (Phi) is 3.51. The lowest BCUT2D eigenvalue weighted by Crippen LogP contribution is -2.28. The Morgan fingerprint density at radius 3 is 2.88 bits per heavy atom. The number of carbonyl (C=O) groups is 1. The molecule has 0 aliphatic carbocycles. The summed E-state index contributed by atoms with van der Waals surface area (Å²) in [7, 11) is 0. The van der Waals surface area contributed by atoms with Crippen LogP contribution in [0, 0.1) is 0 Å². The molecular weight excluding hydrogens is 204 g/mol. The van der Waals surface area contributed by atoms with E-state index in [0.29, 0.717) is 5.56 Å². The second kappa shape index (κ2) is 5.07. The van der Waals surface area contributed by atoms with E-state index in [1.165, 1.54) is 0 Å². The highest BCUT2D eigenvalue weighted by molar-refractivity contribution is 5.77. The second-order valence-electron chi connectivity index (χ2n) is 4.09. The topological polar surface area (TPSA) is 53.4 Å². The zero-order valence-electron chi connectivity index (χ0n) is 9.17. The third-order valence-electron chi connectivity index (χ3n) is 2.90. The van der Waals surface area contributed by atoms with Crippen molar-refractivity contribution in [3.8, 4) is 0 Å². The fourth-order valence-corrected chi connectivity index (χ4v) is 1.95. The summed E-state index contributed by atoms with van der Waals surface area (Å²) >= 11 is 0. The molecule has 2 heterocycles. The molecule has 1 aliphatic rings. The summed E-state index contributed by atoms with van der Waals surface area (Å²) in [6.45, 7) is 1.66. The van der Waals surface area contributed by atoms with Crippen LogP contribution in [-0.2, 0) is 4.79 Å². The lowest BCUT2D eigenvalue weighted by atomic mass is 10.1. The number of amides is 1. The molecule has 4 heteroatoms. The van der Waals surface area contributed by atoms with Crippen LogP contribution in [0.1, 0.15) is 30.9 Å². The van der Waals surface area contributed by atoms with E-state index in [1.54, 1.807) is 24.5 Å². The summed E-state index contributed by atoms with van der Waals surface area (Å²) in [5.41, 5.74) is 0.704. The molecule has 1 amide bonds. The molecule has 16 heavy (non-hydrogen) atoms. The molecule has 1 aromatic heterocycles. The van der Waals surface area contributed by atoms with Crippen LogP contribution >= 0.6 is 0 Å². The van der Waals surface area contributed by atoms with Gasteiger partial charge in [-0.3, -0.25) is 9.78 Å². The Hall–Kier alpha value is -1.42. The predicted octanol–water partition coefficient (Wildman–Crippen LogP) is 1.13. The number of aliphatic hydroxyl groups is 1. The van der Waals surface area contributed by atoms with E-state index >= 15 is 0 Å². The van der Waals surface area contributed by atoms with Gasteiger partial charge in [0.25, 0.3) is 0 Å². The molecule has 1 atom stereocenters. The summed E-state index contributed by atoms with van der Waals surface area (Å²) in [5, 5.41) is 9.86. The van der Waals surface area contributed by atoms with Crippen molar-refractivity contribution >= 4 is 5.91 Å². The van der Waals surface area contributed by atoms with Crippen LogP contribution in [-0.4, -0.2) is 34.0 Å². The molecule has 0 saturated carbocycles. The first-order chi connectivity index (χ1) is 7.77. The van der Waals surface area contributed by atoms with Crippen molar-refractivity contribution in [3.05, 3.63) is 30.1 Å². The van der Waals surface area contributed by atoms with Crippen molar-refractivity contribution in [2.75, 3.05) is 13.1 Å². The summed E-state index contributed by atoms with van der Waals surface area (Å²) in [6, 6.07) is 3.55. The fourth-order valence-electron chi connectivity index (χ4n) is 1.95. The average Bonchev–Trinajstić information content (AvgIpc) is 2.83. The number of pyridine rings is 1. The second-order valence-corrected chi connectivity index (χ2v) is 4.09. The normalized spacial score (nSPS) is 17.4. The number of likely N-dealkylation sites (tertiary alicyclic amines) is 1. The molecule has 1 saturated heterocycles. The summed E-state index contributed by atoms with van der Waals surface area (Å²) in [6.07, 6.45) is 4.83. The smallest absolute Gasteiger partial charge is 0.225 e. The van der Waals surface area contributed by atoms with E-state index in [0.717, 1.165) is 25.9 Å². The maximum atomic E-state index is 11.8. The van der Waals surface area contributed by atoms with E-state index in [-0.39, 0.29) is 12.3 Å². The van der Waals surface area contributed by atoms with Gasteiger partial charge < -0.3 is 10.0 Å². The number of hydrogen-bond donors (Lipinski definition) is 1. The van der Waals surface area contributed by atoms with Gasteiger partial charge in [0.2, 0.25) is 5.91 Å². The van der Waals surface area contributed by atoms with E-state index in [9.17, 15) is 9.90 Å². The standard InChI is InChI=1S/C12H16N2O2/c15-11(10-4-3-5-13-9-10)8-12(16)14-6-1-2-7-14/h3-5,9,11,15H,1-2,6-8H2. The van der Waals surface area contributed by atoms with Crippen molar-refractivity contribution < 1.29 is 9.90 Å². The third kappa shape index (κ3) is 2.58. The van der Waals surface area contributed by atoms with Crippen LogP contribution in [0.2, 0.25) is 0 Å². The number of aliphatic hydroxyl groups excluding tert-OH is 1. The largest absolute Gasteiger partial charge is 0.388 e.